The van der Waals surface area contributed by atoms with E-state index in [4.69, 9.17) is 33.3 Å². The third-order valence-electron chi connectivity index (χ3n) is 6.20. The number of amides is 1. The minimum Gasteiger partial charge on any atom is -0.490 e. The molecule has 3 aromatic rings. The Hall–Kier alpha value is -3.29. The first kappa shape index (κ1) is 22.5. The quantitative estimate of drug-likeness (QED) is 0.455. The van der Waals surface area contributed by atoms with E-state index in [-0.39, 0.29) is 5.91 Å². The van der Waals surface area contributed by atoms with Crippen LogP contribution in [0.25, 0.3) is 0 Å². The second-order valence-electron chi connectivity index (χ2n) is 8.34. The third kappa shape index (κ3) is 3.75. The van der Waals surface area contributed by atoms with Crippen LogP contribution < -0.4 is 25.0 Å². The predicted molar refractivity (Wildman–Crippen MR) is 138 cm³/mol. The van der Waals surface area contributed by atoms with Crippen LogP contribution in [0.3, 0.4) is 0 Å². The van der Waals surface area contributed by atoms with Crippen LogP contribution >= 0.6 is 23.8 Å². The highest BCUT2D eigenvalue weighted by atomic mass is 35.5. The molecule has 1 fully saturated rings. The monoisotopic (exact) mass is 493 g/mol. The first-order chi connectivity index (χ1) is 16.4. The van der Waals surface area contributed by atoms with Crippen LogP contribution in [0, 0.1) is 5.92 Å². The van der Waals surface area contributed by atoms with Gasteiger partial charge in [0.05, 0.1) is 12.6 Å². The van der Waals surface area contributed by atoms with Crippen molar-refractivity contribution in [1.29, 1.82) is 0 Å². The number of hydrogen-bond donors (Lipinski definition) is 2. The van der Waals surface area contributed by atoms with Gasteiger partial charge in [-0.1, -0.05) is 41.9 Å². The summed E-state index contributed by atoms with van der Waals surface area (Å²) >= 11 is 11.8. The summed E-state index contributed by atoms with van der Waals surface area (Å²) in [5, 5.41) is 7.53. The lowest BCUT2D eigenvalue weighted by atomic mass is 9.78. The molecule has 1 amide bonds. The highest BCUT2D eigenvalue weighted by Gasteiger charge is 2.59. The number of nitrogens with zero attached hydrogens (tertiary/aromatic N) is 1. The smallest absolute Gasteiger partial charge is 0.236 e. The average Bonchev–Trinajstić information content (AvgIpc) is 2.81. The van der Waals surface area contributed by atoms with Gasteiger partial charge < -0.3 is 20.1 Å². The van der Waals surface area contributed by atoms with Crippen LogP contribution in [0.4, 0.5) is 11.4 Å². The molecule has 34 heavy (non-hydrogen) atoms. The molecule has 0 aliphatic carbocycles. The lowest BCUT2D eigenvalue weighted by Crippen LogP contribution is -2.72. The van der Waals surface area contributed by atoms with Crippen molar-refractivity contribution in [3.8, 4) is 11.5 Å². The van der Waals surface area contributed by atoms with Gasteiger partial charge in [0.15, 0.2) is 22.3 Å². The zero-order chi connectivity index (χ0) is 23.9. The number of benzene rings is 3. The highest BCUT2D eigenvalue weighted by molar-refractivity contribution is 7.80. The molecule has 2 bridgehead atoms. The molecule has 3 atom stereocenters. The van der Waals surface area contributed by atoms with Crippen LogP contribution in [-0.4, -0.2) is 23.4 Å². The number of fused-ring (bicyclic) bond motifs is 4. The summed E-state index contributed by atoms with van der Waals surface area (Å²) in [5.74, 6) is 0.413. The van der Waals surface area contributed by atoms with E-state index in [9.17, 15) is 4.79 Å². The van der Waals surface area contributed by atoms with Crippen molar-refractivity contribution in [2.24, 2.45) is 5.92 Å². The Balaban J connectivity index is 1.63. The number of anilines is 2. The molecule has 8 heteroatoms. The van der Waals surface area contributed by atoms with Gasteiger partial charge in [-0.15, -0.1) is 0 Å². The minimum atomic E-state index is -1.12. The SMILES string of the molecule is CCOc1cccc2c1OC1(C)C(C(=O)Nc3ccc(Cl)cc3)C2NC(=S)N1c1ccccc1. The number of halogens is 1. The zero-order valence-corrected chi connectivity index (χ0v) is 20.3. The van der Waals surface area contributed by atoms with Crippen LogP contribution in [0.15, 0.2) is 72.8 Å². The molecule has 3 unspecified atom stereocenters. The normalized spacial score (nSPS) is 22.8. The van der Waals surface area contributed by atoms with E-state index < -0.39 is 17.7 Å². The fourth-order valence-corrected chi connectivity index (χ4v) is 5.30. The van der Waals surface area contributed by atoms with E-state index in [0.29, 0.717) is 33.9 Å². The highest BCUT2D eigenvalue weighted by Crippen LogP contribution is 2.52. The summed E-state index contributed by atoms with van der Waals surface area (Å²) in [6.45, 7) is 4.32. The molecule has 0 aromatic heterocycles. The number of carbonyl (C=O) groups is 1. The summed E-state index contributed by atoms with van der Waals surface area (Å²) in [5.41, 5.74) is 1.18. The van der Waals surface area contributed by atoms with Crippen molar-refractivity contribution in [3.05, 3.63) is 83.4 Å². The second kappa shape index (κ2) is 8.81. The van der Waals surface area contributed by atoms with Gasteiger partial charge in [0, 0.05) is 22.0 Å². The van der Waals surface area contributed by atoms with Crippen molar-refractivity contribution in [3.63, 3.8) is 0 Å². The van der Waals surface area contributed by atoms with Crippen LogP contribution in [-0.2, 0) is 4.79 Å². The zero-order valence-electron chi connectivity index (χ0n) is 18.7. The van der Waals surface area contributed by atoms with E-state index in [2.05, 4.69) is 10.6 Å². The summed E-state index contributed by atoms with van der Waals surface area (Å²) < 4.78 is 12.6. The number of para-hydroxylation sites is 2. The maximum atomic E-state index is 13.8. The third-order valence-corrected chi connectivity index (χ3v) is 6.75. The maximum absolute atomic E-state index is 13.8. The van der Waals surface area contributed by atoms with Crippen molar-refractivity contribution < 1.29 is 14.3 Å². The number of hydrogen-bond acceptors (Lipinski definition) is 4. The molecule has 174 valence electrons. The molecule has 2 heterocycles. The van der Waals surface area contributed by atoms with E-state index in [1.165, 1.54) is 0 Å². The summed E-state index contributed by atoms with van der Waals surface area (Å²) in [6.07, 6.45) is 0. The molecule has 6 nitrogen and oxygen atoms in total. The van der Waals surface area contributed by atoms with Gasteiger partial charge >= 0.3 is 0 Å². The predicted octanol–water partition coefficient (Wildman–Crippen LogP) is 5.54. The fourth-order valence-electron chi connectivity index (χ4n) is 4.76. The Labute approximate surface area is 208 Å². The van der Waals surface area contributed by atoms with Crippen molar-refractivity contribution in [1.82, 2.24) is 5.32 Å². The van der Waals surface area contributed by atoms with Gasteiger partial charge in [-0.2, -0.15) is 0 Å². The molecule has 2 aliphatic rings. The van der Waals surface area contributed by atoms with E-state index >= 15 is 0 Å². The lowest BCUT2D eigenvalue weighted by Gasteiger charge is -2.56. The van der Waals surface area contributed by atoms with Crippen molar-refractivity contribution in [2.75, 3.05) is 16.8 Å². The largest absolute Gasteiger partial charge is 0.490 e. The first-order valence-electron chi connectivity index (χ1n) is 11.1. The van der Waals surface area contributed by atoms with E-state index in [1.807, 2.05) is 67.3 Å². The number of nitrogens with one attached hydrogen (secondary N) is 2. The Morgan fingerprint density at radius 3 is 2.59 bits per heavy atom. The maximum Gasteiger partial charge on any atom is 0.236 e. The summed E-state index contributed by atoms with van der Waals surface area (Å²) in [7, 11) is 0. The molecule has 3 aromatic carbocycles. The standard InChI is InChI=1S/C26H24ClN3O3S/c1-3-32-20-11-7-10-19-22-21(24(31)28-17-14-12-16(27)13-15-17)26(2,33-23(19)20)30(25(34)29-22)18-8-5-4-6-9-18/h4-15,21-22H,3H2,1-2H3,(H,28,31)(H,29,34). The van der Waals surface area contributed by atoms with Gasteiger partial charge in [-0.3, -0.25) is 9.69 Å². The molecular weight excluding hydrogens is 470 g/mol. The van der Waals surface area contributed by atoms with Crippen molar-refractivity contribution >= 4 is 46.2 Å². The minimum absolute atomic E-state index is 0.196. The second-order valence-corrected chi connectivity index (χ2v) is 9.16. The molecule has 0 saturated carbocycles. The molecule has 2 aliphatic heterocycles. The lowest BCUT2D eigenvalue weighted by molar-refractivity contribution is -0.130. The Kier molecular flexibility index (Phi) is 5.83. The number of thiocarbonyl (C=S) groups is 1. The van der Waals surface area contributed by atoms with Gasteiger partial charge in [-0.05, 0) is 68.5 Å². The number of carbonyl (C=O) groups excluding carboxylic acids is 1. The molecule has 2 N–H and O–H groups in total. The van der Waals surface area contributed by atoms with Gasteiger partial charge in [0.25, 0.3) is 0 Å². The molecular formula is C26H24ClN3O3S. The topological polar surface area (TPSA) is 62.8 Å². The van der Waals surface area contributed by atoms with E-state index in [0.717, 1.165) is 11.3 Å². The van der Waals surface area contributed by atoms with Gasteiger partial charge in [0.1, 0.15) is 5.92 Å². The fraction of sp³-hybridized carbons (Fsp3) is 0.231. The molecule has 5 rings (SSSR count). The summed E-state index contributed by atoms with van der Waals surface area (Å²) in [6, 6.07) is 22.0. The van der Waals surface area contributed by atoms with Gasteiger partial charge in [-0.25, -0.2) is 0 Å². The van der Waals surface area contributed by atoms with Crippen molar-refractivity contribution in [2.45, 2.75) is 25.6 Å². The van der Waals surface area contributed by atoms with Gasteiger partial charge in [0.2, 0.25) is 5.91 Å². The average molecular weight is 494 g/mol. The Bertz CT molecular complexity index is 1240. The van der Waals surface area contributed by atoms with Crippen LogP contribution in [0.5, 0.6) is 11.5 Å². The number of ether oxygens (including phenoxy) is 2. The Morgan fingerprint density at radius 2 is 1.88 bits per heavy atom. The molecule has 0 radical (unpaired) electrons. The van der Waals surface area contributed by atoms with Crippen LogP contribution in [0.1, 0.15) is 25.5 Å². The molecule has 1 saturated heterocycles. The summed E-state index contributed by atoms with van der Waals surface area (Å²) in [4.78, 5) is 15.7. The first-order valence-corrected chi connectivity index (χ1v) is 11.9. The van der Waals surface area contributed by atoms with E-state index in [1.54, 1.807) is 24.3 Å². The number of rotatable bonds is 5. The van der Waals surface area contributed by atoms with Crippen LogP contribution in [0.2, 0.25) is 5.02 Å². The Morgan fingerprint density at radius 1 is 1.15 bits per heavy atom. The molecule has 0 spiro atoms.